The molecule has 0 bridgehead atoms. The molecule has 0 aliphatic carbocycles. The van der Waals surface area contributed by atoms with Crippen molar-refractivity contribution < 1.29 is 0 Å². The van der Waals surface area contributed by atoms with E-state index in [1.165, 1.54) is 16.1 Å². The van der Waals surface area contributed by atoms with Crippen molar-refractivity contribution in [3.8, 4) is 0 Å². The summed E-state index contributed by atoms with van der Waals surface area (Å²) in [5.41, 5.74) is 2.50. The van der Waals surface area contributed by atoms with Gasteiger partial charge in [0.1, 0.15) is 0 Å². The zero-order chi connectivity index (χ0) is 18.2. The van der Waals surface area contributed by atoms with Crippen LogP contribution in [0, 0.1) is 0 Å². The highest BCUT2D eigenvalue weighted by Gasteiger charge is 2.09. The number of guanidine groups is 1. The zero-order valence-electron chi connectivity index (χ0n) is 16.0. The number of aliphatic imine (C=N–C) groups is 1. The lowest BCUT2D eigenvalue weighted by Gasteiger charge is -2.18. The molecule has 0 radical (unpaired) electrons. The number of nitrogens with one attached hydrogen (secondary N) is 2. The maximum Gasteiger partial charge on any atom is 0.191 e. The van der Waals surface area contributed by atoms with Gasteiger partial charge in [0.15, 0.2) is 5.96 Å². The molecule has 1 unspecified atom stereocenters. The predicted octanol–water partition coefficient (Wildman–Crippen LogP) is 4.60. The van der Waals surface area contributed by atoms with Crippen molar-refractivity contribution in [2.75, 3.05) is 31.1 Å². The van der Waals surface area contributed by atoms with Gasteiger partial charge in [-0.3, -0.25) is 0 Å². The van der Waals surface area contributed by atoms with Gasteiger partial charge >= 0.3 is 0 Å². The highest BCUT2D eigenvalue weighted by Crippen LogP contribution is 2.20. The normalized spacial score (nSPS) is 14.7. The molecule has 1 aromatic heterocycles. The minimum atomic E-state index is 0. The standard InChI is InChI=1S/C21H28N4S.HI/c1-3-22-21(23-15-17(2)20-10-7-13-26-20)24-16-18-8-6-9-19(14-18)25-11-4-5-12-25;/h4-10,13-14,17H,3,11-12,15-16H2,1-2H3,(H2,22,23,24);1H. The van der Waals surface area contributed by atoms with Crippen molar-refractivity contribution in [3.05, 3.63) is 64.4 Å². The topological polar surface area (TPSA) is 39.7 Å². The van der Waals surface area contributed by atoms with Crippen molar-refractivity contribution in [1.82, 2.24) is 10.6 Å². The summed E-state index contributed by atoms with van der Waals surface area (Å²) in [6, 6.07) is 13.0. The van der Waals surface area contributed by atoms with Crippen LogP contribution in [0.5, 0.6) is 0 Å². The molecule has 146 valence electrons. The molecule has 0 fully saturated rings. The molecule has 27 heavy (non-hydrogen) atoms. The molecule has 1 atom stereocenters. The zero-order valence-corrected chi connectivity index (χ0v) is 19.2. The monoisotopic (exact) mass is 496 g/mol. The lowest BCUT2D eigenvalue weighted by atomic mass is 10.1. The van der Waals surface area contributed by atoms with E-state index in [1.807, 2.05) is 11.3 Å². The Morgan fingerprint density at radius 2 is 2.00 bits per heavy atom. The van der Waals surface area contributed by atoms with Crippen LogP contribution in [0.15, 0.2) is 58.9 Å². The molecule has 0 amide bonds. The third kappa shape index (κ3) is 6.53. The van der Waals surface area contributed by atoms with E-state index in [9.17, 15) is 0 Å². The second kappa shape index (κ2) is 11.3. The van der Waals surface area contributed by atoms with E-state index in [2.05, 4.69) is 83.3 Å². The number of rotatable bonds is 7. The Bertz CT molecular complexity index is 734. The molecule has 0 saturated heterocycles. The first-order valence-corrected chi connectivity index (χ1v) is 10.2. The molecule has 2 aromatic rings. The van der Waals surface area contributed by atoms with Crippen molar-refractivity contribution in [1.29, 1.82) is 0 Å². The summed E-state index contributed by atoms with van der Waals surface area (Å²) in [5, 5.41) is 8.95. The van der Waals surface area contributed by atoms with E-state index >= 15 is 0 Å². The number of thiophene rings is 1. The Labute approximate surface area is 183 Å². The van der Waals surface area contributed by atoms with Gasteiger partial charge < -0.3 is 15.5 Å². The highest BCUT2D eigenvalue weighted by molar-refractivity contribution is 14.0. The molecule has 4 nitrogen and oxygen atoms in total. The SMILES string of the molecule is CCNC(=NCc1cccc(N2CC=CC2)c1)NCC(C)c1cccs1.I. The molecule has 0 spiro atoms. The number of nitrogens with zero attached hydrogens (tertiary/aromatic N) is 2. The molecule has 0 saturated carbocycles. The fourth-order valence-electron chi connectivity index (χ4n) is 2.97. The summed E-state index contributed by atoms with van der Waals surface area (Å²) in [6.07, 6.45) is 4.43. The van der Waals surface area contributed by atoms with Crippen molar-refractivity contribution in [2.24, 2.45) is 4.99 Å². The van der Waals surface area contributed by atoms with E-state index in [0.717, 1.165) is 32.1 Å². The number of benzene rings is 1. The highest BCUT2D eigenvalue weighted by atomic mass is 127. The first-order valence-electron chi connectivity index (χ1n) is 9.30. The summed E-state index contributed by atoms with van der Waals surface area (Å²) in [6.45, 7) is 8.76. The van der Waals surface area contributed by atoms with E-state index in [0.29, 0.717) is 12.5 Å². The summed E-state index contributed by atoms with van der Waals surface area (Å²) in [4.78, 5) is 8.53. The number of halogens is 1. The van der Waals surface area contributed by atoms with Gasteiger partial charge in [-0.15, -0.1) is 35.3 Å². The number of hydrogen-bond donors (Lipinski definition) is 2. The van der Waals surface area contributed by atoms with E-state index in [1.54, 1.807) is 0 Å². The maximum absolute atomic E-state index is 4.77. The summed E-state index contributed by atoms with van der Waals surface area (Å²) >= 11 is 1.81. The van der Waals surface area contributed by atoms with Crippen LogP contribution in [0.4, 0.5) is 5.69 Å². The Morgan fingerprint density at radius 3 is 2.70 bits per heavy atom. The van der Waals surface area contributed by atoms with Gasteiger partial charge in [-0.05, 0) is 36.1 Å². The Balaban J connectivity index is 0.00000261. The van der Waals surface area contributed by atoms with Crippen LogP contribution in [0.3, 0.4) is 0 Å². The molecule has 1 aliphatic rings. The van der Waals surface area contributed by atoms with Gasteiger partial charge in [0.25, 0.3) is 0 Å². The average molecular weight is 496 g/mol. The van der Waals surface area contributed by atoms with Crippen molar-refractivity contribution in [2.45, 2.75) is 26.3 Å². The minimum absolute atomic E-state index is 0. The van der Waals surface area contributed by atoms with Gasteiger partial charge in [-0.25, -0.2) is 4.99 Å². The third-order valence-corrected chi connectivity index (χ3v) is 5.57. The number of anilines is 1. The van der Waals surface area contributed by atoms with E-state index in [4.69, 9.17) is 4.99 Å². The van der Waals surface area contributed by atoms with Crippen LogP contribution < -0.4 is 15.5 Å². The lowest BCUT2D eigenvalue weighted by molar-refractivity contribution is 0.709. The lowest BCUT2D eigenvalue weighted by Crippen LogP contribution is -2.39. The minimum Gasteiger partial charge on any atom is -0.364 e. The summed E-state index contributed by atoms with van der Waals surface area (Å²) < 4.78 is 0. The molecule has 2 heterocycles. The Kier molecular flexibility index (Phi) is 9.14. The largest absolute Gasteiger partial charge is 0.364 e. The van der Waals surface area contributed by atoms with E-state index in [-0.39, 0.29) is 24.0 Å². The van der Waals surface area contributed by atoms with Gasteiger partial charge in [-0.2, -0.15) is 0 Å². The quantitative estimate of drug-likeness (QED) is 0.255. The van der Waals surface area contributed by atoms with Crippen molar-refractivity contribution >= 4 is 47.0 Å². The Morgan fingerprint density at radius 1 is 1.19 bits per heavy atom. The molecule has 1 aliphatic heterocycles. The van der Waals surface area contributed by atoms with Crippen LogP contribution in [-0.2, 0) is 6.54 Å². The van der Waals surface area contributed by atoms with Crippen LogP contribution in [0.25, 0.3) is 0 Å². The molecular weight excluding hydrogens is 467 g/mol. The smallest absolute Gasteiger partial charge is 0.191 e. The fraction of sp³-hybridized carbons (Fsp3) is 0.381. The molecule has 1 aromatic carbocycles. The summed E-state index contributed by atoms with van der Waals surface area (Å²) in [7, 11) is 0. The van der Waals surface area contributed by atoms with Gasteiger partial charge in [0.05, 0.1) is 6.54 Å². The molecule has 3 rings (SSSR count). The Hall–Kier alpha value is -1.54. The van der Waals surface area contributed by atoms with Gasteiger partial charge in [-0.1, -0.05) is 37.3 Å². The van der Waals surface area contributed by atoms with Crippen LogP contribution >= 0.6 is 35.3 Å². The maximum atomic E-state index is 4.77. The fourth-order valence-corrected chi connectivity index (χ4v) is 3.76. The number of hydrogen-bond acceptors (Lipinski definition) is 3. The molecule has 6 heteroatoms. The molecule has 2 N–H and O–H groups in total. The first kappa shape index (κ1) is 21.8. The van der Waals surface area contributed by atoms with Gasteiger partial charge in [0.2, 0.25) is 0 Å². The first-order chi connectivity index (χ1) is 12.8. The average Bonchev–Trinajstić information content (AvgIpc) is 3.38. The predicted molar refractivity (Wildman–Crippen MR) is 129 cm³/mol. The molecular formula is C21H29IN4S. The second-order valence-electron chi connectivity index (χ2n) is 6.54. The van der Waals surface area contributed by atoms with Crippen molar-refractivity contribution in [3.63, 3.8) is 0 Å². The van der Waals surface area contributed by atoms with Crippen LogP contribution in [0.1, 0.15) is 30.2 Å². The van der Waals surface area contributed by atoms with Gasteiger partial charge in [0, 0.05) is 42.7 Å². The van der Waals surface area contributed by atoms with Crippen LogP contribution in [-0.4, -0.2) is 32.1 Å². The van der Waals surface area contributed by atoms with E-state index < -0.39 is 0 Å². The third-order valence-electron chi connectivity index (χ3n) is 4.46. The van der Waals surface area contributed by atoms with Crippen LogP contribution in [0.2, 0.25) is 0 Å². The summed E-state index contributed by atoms with van der Waals surface area (Å²) in [5.74, 6) is 1.36. The second-order valence-corrected chi connectivity index (χ2v) is 7.52.